The van der Waals surface area contributed by atoms with Crippen molar-refractivity contribution < 1.29 is 14.3 Å². The van der Waals surface area contributed by atoms with Crippen LogP contribution in [0, 0.1) is 0 Å². The first-order valence-electron chi connectivity index (χ1n) is 9.67. The fraction of sp³-hybridized carbons (Fsp3) is 0.318. The Kier molecular flexibility index (Phi) is 7.25. The molecule has 1 amide bonds. The van der Waals surface area contributed by atoms with Crippen LogP contribution in [0.15, 0.2) is 48.7 Å². The molecule has 0 spiro atoms. The number of aromatic nitrogens is 1. The summed E-state index contributed by atoms with van der Waals surface area (Å²) in [5.41, 5.74) is 1.46. The van der Waals surface area contributed by atoms with Crippen molar-refractivity contribution in [3.8, 4) is 0 Å². The van der Waals surface area contributed by atoms with Crippen molar-refractivity contribution in [3.05, 3.63) is 64.8 Å². The number of anilines is 1. The highest BCUT2D eigenvalue weighted by molar-refractivity contribution is 6.30. The number of hydrogen-bond acceptors (Lipinski definition) is 5. The molecule has 0 aliphatic carbocycles. The zero-order valence-corrected chi connectivity index (χ0v) is 17.1. The molecule has 0 radical (unpaired) electrons. The van der Waals surface area contributed by atoms with Gasteiger partial charge in [0.25, 0.3) is 5.91 Å². The van der Waals surface area contributed by atoms with E-state index in [1.165, 1.54) is 6.08 Å². The number of benzene rings is 1. The summed E-state index contributed by atoms with van der Waals surface area (Å²) >= 11 is 5.91. The van der Waals surface area contributed by atoms with E-state index < -0.39 is 0 Å². The average molecular weight is 414 g/mol. The Morgan fingerprint density at radius 2 is 2.07 bits per heavy atom. The molecule has 7 heteroatoms. The minimum atomic E-state index is -0.373. The maximum Gasteiger partial charge on any atom is 0.330 e. The lowest BCUT2D eigenvalue weighted by Crippen LogP contribution is -2.45. The highest BCUT2D eigenvalue weighted by Crippen LogP contribution is 2.18. The number of piperidine rings is 1. The number of rotatable bonds is 6. The Bertz CT molecular complexity index is 866. The van der Waals surface area contributed by atoms with Crippen LogP contribution in [0.3, 0.4) is 0 Å². The Morgan fingerprint density at radius 3 is 2.76 bits per heavy atom. The molecule has 1 aliphatic rings. The molecular formula is C22H24ClN3O3. The zero-order chi connectivity index (χ0) is 20.6. The molecule has 0 saturated carbocycles. The SMILES string of the molecule is CCOC(=O)C=Cc1ccc(N[C@@H]2CCCN(C(=O)c3ccc(Cl)cc3)C2)nc1. The molecule has 2 heterocycles. The van der Waals surface area contributed by atoms with Gasteiger partial charge in [0.05, 0.1) is 6.61 Å². The second-order valence-electron chi connectivity index (χ2n) is 6.80. The molecule has 1 N–H and O–H groups in total. The van der Waals surface area contributed by atoms with Crippen LogP contribution in [0.4, 0.5) is 5.82 Å². The van der Waals surface area contributed by atoms with E-state index in [1.807, 2.05) is 17.0 Å². The van der Waals surface area contributed by atoms with Gasteiger partial charge in [0.1, 0.15) is 5.82 Å². The topological polar surface area (TPSA) is 71.5 Å². The lowest BCUT2D eigenvalue weighted by atomic mass is 10.0. The monoisotopic (exact) mass is 413 g/mol. The Labute approximate surface area is 175 Å². The number of carbonyl (C=O) groups excluding carboxylic acids is 2. The molecule has 1 aliphatic heterocycles. The first kappa shape index (κ1) is 20.9. The summed E-state index contributed by atoms with van der Waals surface area (Å²) < 4.78 is 4.86. The second kappa shape index (κ2) is 10.1. The molecule has 0 bridgehead atoms. The van der Waals surface area contributed by atoms with Crippen LogP contribution in [0.1, 0.15) is 35.7 Å². The molecule has 152 valence electrons. The van der Waals surface area contributed by atoms with Crippen LogP contribution < -0.4 is 5.32 Å². The van der Waals surface area contributed by atoms with Crippen LogP contribution in [0.5, 0.6) is 0 Å². The molecule has 1 atom stereocenters. The summed E-state index contributed by atoms with van der Waals surface area (Å²) in [7, 11) is 0. The summed E-state index contributed by atoms with van der Waals surface area (Å²) in [6, 6.07) is 10.9. The molecular weight excluding hydrogens is 390 g/mol. The highest BCUT2D eigenvalue weighted by atomic mass is 35.5. The molecule has 1 fully saturated rings. The normalized spacial score (nSPS) is 16.6. The number of ether oxygens (including phenoxy) is 1. The Morgan fingerprint density at radius 1 is 1.28 bits per heavy atom. The zero-order valence-electron chi connectivity index (χ0n) is 16.3. The first-order chi connectivity index (χ1) is 14.0. The van der Waals surface area contributed by atoms with Gasteiger partial charge < -0.3 is 15.0 Å². The van der Waals surface area contributed by atoms with E-state index in [0.717, 1.165) is 30.8 Å². The molecule has 29 heavy (non-hydrogen) atoms. The minimum Gasteiger partial charge on any atom is -0.463 e. The van der Waals surface area contributed by atoms with E-state index in [-0.39, 0.29) is 17.9 Å². The van der Waals surface area contributed by atoms with Gasteiger partial charge in [0, 0.05) is 42.0 Å². The van der Waals surface area contributed by atoms with Crippen molar-refractivity contribution in [2.75, 3.05) is 25.0 Å². The molecule has 0 unspecified atom stereocenters. The van der Waals surface area contributed by atoms with Gasteiger partial charge in [-0.1, -0.05) is 11.6 Å². The fourth-order valence-electron chi connectivity index (χ4n) is 3.21. The van der Waals surface area contributed by atoms with Crippen molar-refractivity contribution in [1.29, 1.82) is 0 Å². The van der Waals surface area contributed by atoms with Gasteiger partial charge in [-0.3, -0.25) is 4.79 Å². The van der Waals surface area contributed by atoms with Gasteiger partial charge in [-0.05, 0) is 67.8 Å². The smallest absolute Gasteiger partial charge is 0.330 e. The number of esters is 1. The third-order valence-electron chi connectivity index (χ3n) is 4.64. The predicted molar refractivity (Wildman–Crippen MR) is 114 cm³/mol. The number of amides is 1. The van der Waals surface area contributed by atoms with E-state index in [0.29, 0.717) is 23.7 Å². The number of hydrogen-bond donors (Lipinski definition) is 1. The molecule has 6 nitrogen and oxygen atoms in total. The van der Waals surface area contributed by atoms with E-state index in [2.05, 4.69) is 10.3 Å². The van der Waals surface area contributed by atoms with E-state index >= 15 is 0 Å². The lowest BCUT2D eigenvalue weighted by molar-refractivity contribution is -0.137. The maximum atomic E-state index is 12.7. The number of pyridine rings is 1. The first-order valence-corrected chi connectivity index (χ1v) is 10.0. The second-order valence-corrected chi connectivity index (χ2v) is 7.24. The van der Waals surface area contributed by atoms with Crippen molar-refractivity contribution in [3.63, 3.8) is 0 Å². The highest BCUT2D eigenvalue weighted by Gasteiger charge is 2.24. The maximum absolute atomic E-state index is 12.7. The summed E-state index contributed by atoms with van der Waals surface area (Å²) in [6.45, 7) is 3.48. The molecule has 1 aromatic carbocycles. The third kappa shape index (κ3) is 6.06. The molecule has 3 rings (SSSR count). The van der Waals surface area contributed by atoms with Gasteiger partial charge in [-0.15, -0.1) is 0 Å². The average Bonchev–Trinajstić information content (AvgIpc) is 2.74. The van der Waals surface area contributed by atoms with Crippen molar-refractivity contribution in [2.24, 2.45) is 0 Å². The van der Waals surface area contributed by atoms with Crippen LogP contribution in [0.2, 0.25) is 5.02 Å². The minimum absolute atomic E-state index is 0.0144. The summed E-state index contributed by atoms with van der Waals surface area (Å²) in [4.78, 5) is 30.4. The van der Waals surface area contributed by atoms with E-state index in [1.54, 1.807) is 43.5 Å². The predicted octanol–water partition coefficient (Wildman–Crippen LogP) is 4.03. The Balaban J connectivity index is 1.56. The van der Waals surface area contributed by atoms with Crippen LogP contribution >= 0.6 is 11.6 Å². The van der Waals surface area contributed by atoms with Gasteiger partial charge >= 0.3 is 5.97 Å². The van der Waals surface area contributed by atoms with Crippen molar-refractivity contribution in [1.82, 2.24) is 9.88 Å². The van der Waals surface area contributed by atoms with Crippen LogP contribution in [0.25, 0.3) is 6.08 Å². The number of carbonyl (C=O) groups is 2. The number of nitrogens with zero attached hydrogens (tertiary/aromatic N) is 2. The summed E-state index contributed by atoms with van der Waals surface area (Å²) in [5.74, 6) is 0.381. The fourth-order valence-corrected chi connectivity index (χ4v) is 3.33. The van der Waals surface area contributed by atoms with E-state index in [9.17, 15) is 9.59 Å². The summed E-state index contributed by atoms with van der Waals surface area (Å²) in [5, 5.41) is 4.01. The molecule has 1 saturated heterocycles. The summed E-state index contributed by atoms with van der Waals surface area (Å²) in [6.07, 6.45) is 6.64. The van der Waals surface area contributed by atoms with Crippen LogP contribution in [-0.2, 0) is 9.53 Å². The largest absolute Gasteiger partial charge is 0.463 e. The third-order valence-corrected chi connectivity index (χ3v) is 4.89. The van der Waals surface area contributed by atoms with Crippen molar-refractivity contribution in [2.45, 2.75) is 25.8 Å². The standard InChI is InChI=1S/C22H24ClN3O3/c1-2-29-21(27)12-6-16-5-11-20(24-14-16)25-19-4-3-13-26(15-19)22(28)17-7-9-18(23)10-8-17/h5-12,14,19H,2-4,13,15H2,1H3,(H,24,25)/t19-/m1/s1. The van der Waals surface area contributed by atoms with Crippen LogP contribution in [-0.4, -0.2) is 47.5 Å². The van der Waals surface area contributed by atoms with Gasteiger partial charge in [-0.25, -0.2) is 9.78 Å². The quantitative estimate of drug-likeness (QED) is 0.571. The lowest BCUT2D eigenvalue weighted by Gasteiger charge is -2.33. The van der Waals surface area contributed by atoms with Gasteiger partial charge in [0.15, 0.2) is 0 Å². The Hall–Kier alpha value is -2.86. The number of nitrogens with one attached hydrogen (secondary N) is 1. The van der Waals surface area contributed by atoms with Crippen molar-refractivity contribution >= 4 is 35.4 Å². The number of likely N-dealkylation sites (tertiary alicyclic amines) is 1. The van der Waals surface area contributed by atoms with Gasteiger partial charge in [-0.2, -0.15) is 0 Å². The molecule has 2 aromatic rings. The number of halogens is 1. The van der Waals surface area contributed by atoms with Gasteiger partial charge in [0.2, 0.25) is 0 Å². The van der Waals surface area contributed by atoms with E-state index in [4.69, 9.17) is 16.3 Å². The molecule has 1 aromatic heterocycles.